The largest absolute Gasteiger partial charge is 0.382 e. The molecular formula is C14H11NO. The van der Waals surface area contributed by atoms with Crippen molar-refractivity contribution in [3.05, 3.63) is 53.6 Å². The molecule has 0 bridgehead atoms. The van der Waals surface area contributed by atoms with Gasteiger partial charge in [-0.3, -0.25) is 0 Å². The number of aliphatic hydroxyl groups is 1. The number of benzene rings is 2. The summed E-state index contributed by atoms with van der Waals surface area (Å²) in [6.45, 7) is 0. The Bertz CT molecular complexity index is 613. The summed E-state index contributed by atoms with van der Waals surface area (Å²) in [5.41, 5.74) is 2.08. The standard InChI is InChI=1S/C14H11NO/c15-13-6-5-11-7-9-3-1-2-4-10(9)8-12(11)14(13)16/h1-8,14-16H. The SMILES string of the molecule is N=C1C=Cc2cc3ccccc3cc2C1O. The van der Waals surface area contributed by atoms with Gasteiger partial charge in [0, 0.05) is 0 Å². The van der Waals surface area contributed by atoms with Crippen LogP contribution in [0.2, 0.25) is 0 Å². The van der Waals surface area contributed by atoms with Crippen LogP contribution in [0.3, 0.4) is 0 Å². The van der Waals surface area contributed by atoms with Crippen molar-refractivity contribution in [3.8, 4) is 0 Å². The average Bonchev–Trinajstić information content (AvgIpc) is 2.32. The van der Waals surface area contributed by atoms with Crippen molar-refractivity contribution in [1.29, 1.82) is 5.41 Å². The molecule has 1 aliphatic carbocycles. The molecule has 0 aliphatic heterocycles. The van der Waals surface area contributed by atoms with Gasteiger partial charge in [-0.2, -0.15) is 0 Å². The number of rotatable bonds is 0. The highest BCUT2D eigenvalue weighted by Gasteiger charge is 2.18. The highest BCUT2D eigenvalue weighted by atomic mass is 16.3. The number of fused-ring (bicyclic) bond motifs is 2. The fraction of sp³-hybridized carbons (Fsp3) is 0.0714. The molecule has 0 saturated heterocycles. The van der Waals surface area contributed by atoms with Crippen LogP contribution in [-0.4, -0.2) is 10.8 Å². The molecule has 2 heteroatoms. The lowest BCUT2D eigenvalue weighted by molar-refractivity contribution is 0.247. The Morgan fingerprint density at radius 1 is 1.00 bits per heavy atom. The Morgan fingerprint density at radius 2 is 1.69 bits per heavy atom. The van der Waals surface area contributed by atoms with Crippen LogP contribution >= 0.6 is 0 Å². The lowest BCUT2D eigenvalue weighted by Crippen LogP contribution is -2.13. The number of hydrogen-bond acceptors (Lipinski definition) is 2. The highest BCUT2D eigenvalue weighted by molar-refractivity contribution is 6.04. The number of aliphatic hydroxyl groups excluding tert-OH is 1. The van der Waals surface area contributed by atoms with E-state index in [4.69, 9.17) is 5.41 Å². The molecule has 0 aromatic heterocycles. The molecular weight excluding hydrogens is 198 g/mol. The van der Waals surface area contributed by atoms with E-state index in [1.807, 2.05) is 30.3 Å². The van der Waals surface area contributed by atoms with Crippen molar-refractivity contribution in [2.75, 3.05) is 0 Å². The maximum Gasteiger partial charge on any atom is 0.121 e. The van der Waals surface area contributed by atoms with Crippen LogP contribution in [0.4, 0.5) is 0 Å². The molecule has 1 aliphatic rings. The van der Waals surface area contributed by atoms with E-state index in [-0.39, 0.29) is 5.71 Å². The van der Waals surface area contributed by atoms with E-state index in [0.717, 1.165) is 21.9 Å². The highest BCUT2D eigenvalue weighted by Crippen LogP contribution is 2.29. The van der Waals surface area contributed by atoms with Gasteiger partial charge in [0.25, 0.3) is 0 Å². The third-order valence-corrected chi connectivity index (χ3v) is 2.98. The third-order valence-electron chi connectivity index (χ3n) is 2.98. The minimum atomic E-state index is -0.787. The van der Waals surface area contributed by atoms with Gasteiger partial charge in [-0.25, -0.2) is 0 Å². The summed E-state index contributed by atoms with van der Waals surface area (Å²) in [6, 6.07) is 12.1. The maximum atomic E-state index is 9.91. The van der Waals surface area contributed by atoms with Crippen molar-refractivity contribution >= 4 is 22.6 Å². The van der Waals surface area contributed by atoms with E-state index in [9.17, 15) is 5.11 Å². The Labute approximate surface area is 93.4 Å². The van der Waals surface area contributed by atoms with Gasteiger partial charge in [0.05, 0.1) is 5.71 Å². The minimum Gasteiger partial charge on any atom is -0.382 e. The van der Waals surface area contributed by atoms with Crippen molar-refractivity contribution in [1.82, 2.24) is 0 Å². The van der Waals surface area contributed by atoms with Crippen LogP contribution in [0.5, 0.6) is 0 Å². The van der Waals surface area contributed by atoms with E-state index in [0.29, 0.717) is 0 Å². The fourth-order valence-corrected chi connectivity index (χ4v) is 2.09. The van der Waals surface area contributed by atoms with Crippen LogP contribution in [-0.2, 0) is 0 Å². The molecule has 1 atom stereocenters. The van der Waals surface area contributed by atoms with Crippen molar-refractivity contribution < 1.29 is 5.11 Å². The quantitative estimate of drug-likeness (QED) is 0.688. The molecule has 2 aromatic rings. The van der Waals surface area contributed by atoms with Crippen molar-refractivity contribution in [2.24, 2.45) is 0 Å². The second kappa shape index (κ2) is 3.29. The Hall–Kier alpha value is -1.93. The van der Waals surface area contributed by atoms with Gasteiger partial charge in [-0.05, 0) is 40.1 Å². The van der Waals surface area contributed by atoms with Gasteiger partial charge in [0.15, 0.2) is 0 Å². The lowest BCUT2D eigenvalue weighted by Gasteiger charge is -2.18. The molecule has 0 heterocycles. The normalized spacial score (nSPS) is 18.8. The molecule has 78 valence electrons. The third kappa shape index (κ3) is 1.27. The first-order valence-electron chi connectivity index (χ1n) is 5.23. The Kier molecular flexibility index (Phi) is 1.91. The van der Waals surface area contributed by atoms with Crippen LogP contribution in [0.25, 0.3) is 16.8 Å². The number of nitrogens with one attached hydrogen (secondary N) is 1. The van der Waals surface area contributed by atoms with E-state index in [1.54, 1.807) is 6.08 Å². The second-order valence-corrected chi connectivity index (χ2v) is 4.02. The van der Waals surface area contributed by atoms with Crippen LogP contribution < -0.4 is 0 Å². The van der Waals surface area contributed by atoms with Gasteiger partial charge >= 0.3 is 0 Å². The predicted molar refractivity (Wildman–Crippen MR) is 65.7 cm³/mol. The zero-order valence-corrected chi connectivity index (χ0v) is 8.64. The van der Waals surface area contributed by atoms with E-state index < -0.39 is 6.10 Å². The number of hydrogen-bond donors (Lipinski definition) is 2. The average molecular weight is 209 g/mol. The van der Waals surface area contributed by atoms with Gasteiger partial charge < -0.3 is 10.5 Å². The van der Waals surface area contributed by atoms with Crippen molar-refractivity contribution in [3.63, 3.8) is 0 Å². The van der Waals surface area contributed by atoms with Crippen molar-refractivity contribution in [2.45, 2.75) is 6.10 Å². The zero-order valence-electron chi connectivity index (χ0n) is 8.64. The molecule has 1 unspecified atom stereocenters. The van der Waals surface area contributed by atoms with Gasteiger partial charge in [0.1, 0.15) is 6.10 Å². The molecule has 16 heavy (non-hydrogen) atoms. The van der Waals surface area contributed by atoms with Gasteiger partial charge in [0.2, 0.25) is 0 Å². The molecule has 0 fully saturated rings. The summed E-state index contributed by atoms with van der Waals surface area (Å²) in [5.74, 6) is 0. The molecule has 0 radical (unpaired) electrons. The molecule has 2 aromatic carbocycles. The van der Waals surface area contributed by atoms with Gasteiger partial charge in [-0.15, -0.1) is 0 Å². The summed E-state index contributed by atoms with van der Waals surface area (Å²) in [5, 5.41) is 19.8. The van der Waals surface area contributed by atoms with E-state index in [1.165, 1.54) is 0 Å². The smallest absolute Gasteiger partial charge is 0.121 e. The van der Waals surface area contributed by atoms with E-state index >= 15 is 0 Å². The van der Waals surface area contributed by atoms with Crippen LogP contribution in [0.15, 0.2) is 42.5 Å². The topological polar surface area (TPSA) is 44.1 Å². The first-order chi connectivity index (χ1) is 7.75. The molecule has 0 saturated carbocycles. The maximum absolute atomic E-state index is 9.91. The van der Waals surface area contributed by atoms with Crippen LogP contribution in [0, 0.1) is 5.41 Å². The minimum absolute atomic E-state index is 0.253. The molecule has 2 nitrogen and oxygen atoms in total. The second-order valence-electron chi connectivity index (χ2n) is 4.02. The molecule has 2 N–H and O–H groups in total. The van der Waals surface area contributed by atoms with E-state index in [2.05, 4.69) is 12.1 Å². The zero-order chi connectivity index (χ0) is 11.1. The van der Waals surface area contributed by atoms with Crippen LogP contribution in [0.1, 0.15) is 17.2 Å². The fourth-order valence-electron chi connectivity index (χ4n) is 2.09. The summed E-state index contributed by atoms with van der Waals surface area (Å²) in [6.07, 6.45) is 2.75. The first kappa shape index (κ1) is 9.31. The predicted octanol–water partition coefficient (Wildman–Crippen LogP) is 2.92. The molecule has 3 rings (SSSR count). The summed E-state index contributed by atoms with van der Waals surface area (Å²) in [4.78, 5) is 0. The Morgan fingerprint density at radius 3 is 2.44 bits per heavy atom. The first-order valence-corrected chi connectivity index (χ1v) is 5.23. The lowest BCUT2D eigenvalue weighted by atomic mass is 9.91. The summed E-state index contributed by atoms with van der Waals surface area (Å²) in [7, 11) is 0. The summed E-state index contributed by atoms with van der Waals surface area (Å²) >= 11 is 0. The Balaban J connectivity index is 2.33. The van der Waals surface area contributed by atoms with Gasteiger partial charge in [-0.1, -0.05) is 30.3 Å². The monoisotopic (exact) mass is 209 g/mol. The molecule has 0 amide bonds. The molecule has 0 spiro atoms. The summed E-state index contributed by atoms with van der Waals surface area (Å²) < 4.78 is 0.